The maximum absolute atomic E-state index is 10.7. The second-order valence-corrected chi connectivity index (χ2v) is 4.98. The first kappa shape index (κ1) is 10.2. The van der Waals surface area contributed by atoms with Crippen molar-refractivity contribution in [2.45, 2.75) is 6.92 Å². The van der Waals surface area contributed by atoms with E-state index >= 15 is 0 Å². The number of ketones is 1. The zero-order valence-electron chi connectivity index (χ0n) is 8.11. The molecule has 2 aromatic rings. The average Bonchev–Trinajstić information content (AvgIpc) is 2.85. The number of hydrogen-bond acceptors (Lipinski definition) is 3. The fourth-order valence-corrected chi connectivity index (χ4v) is 2.80. The highest BCUT2D eigenvalue weighted by molar-refractivity contribution is 7.21. The number of Topliss-reactive ketones (excluding diaryl/α,β-unsaturated/α-hetero) is 1. The third kappa shape index (κ3) is 2.56. The van der Waals surface area contributed by atoms with Gasteiger partial charge in [-0.15, -0.1) is 22.7 Å². The molecule has 0 spiro atoms. The number of rotatable bonds is 1. The molecule has 0 aliphatic rings. The van der Waals surface area contributed by atoms with E-state index in [0.29, 0.717) is 0 Å². The predicted octanol–water partition coefficient (Wildman–Crippen LogP) is 3.42. The Bertz CT molecular complexity index is 523. The largest absolute Gasteiger partial charge is 0.285 e. The van der Waals surface area contributed by atoms with Crippen molar-refractivity contribution in [1.29, 1.82) is 0 Å². The van der Waals surface area contributed by atoms with Crippen LogP contribution in [0.25, 0.3) is 9.75 Å². The van der Waals surface area contributed by atoms with Gasteiger partial charge in [0.2, 0.25) is 5.78 Å². The summed E-state index contributed by atoms with van der Waals surface area (Å²) in [5.74, 6) is 5.30. The van der Waals surface area contributed by atoms with Gasteiger partial charge in [0.15, 0.2) is 0 Å². The Morgan fingerprint density at radius 3 is 2.80 bits per heavy atom. The minimum atomic E-state index is -0.0962. The molecule has 0 radical (unpaired) electrons. The first-order chi connectivity index (χ1) is 7.25. The predicted molar refractivity (Wildman–Crippen MR) is 65.2 cm³/mol. The van der Waals surface area contributed by atoms with Crippen LogP contribution in [0.15, 0.2) is 29.6 Å². The molecule has 74 valence electrons. The second kappa shape index (κ2) is 4.43. The van der Waals surface area contributed by atoms with Crippen molar-refractivity contribution in [2.75, 3.05) is 0 Å². The first-order valence-electron chi connectivity index (χ1n) is 4.42. The van der Waals surface area contributed by atoms with E-state index in [0.717, 1.165) is 4.88 Å². The SMILES string of the molecule is CC(=O)C#Cc1ccc(-c2cccs2)s1. The number of hydrogen-bond donors (Lipinski definition) is 0. The van der Waals surface area contributed by atoms with Crippen LogP contribution in [0.5, 0.6) is 0 Å². The maximum atomic E-state index is 10.7. The summed E-state index contributed by atoms with van der Waals surface area (Å²) in [6.07, 6.45) is 0. The van der Waals surface area contributed by atoms with Gasteiger partial charge >= 0.3 is 0 Å². The minimum Gasteiger partial charge on any atom is -0.285 e. The van der Waals surface area contributed by atoms with Crippen molar-refractivity contribution in [2.24, 2.45) is 0 Å². The second-order valence-electron chi connectivity index (χ2n) is 2.95. The van der Waals surface area contributed by atoms with E-state index < -0.39 is 0 Å². The Labute approximate surface area is 96.4 Å². The monoisotopic (exact) mass is 232 g/mol. The van der Waals surface area contributed by atoms with Crippen LogP contribution >= 0.6 is 22.7 Å². The molecular formula is C12H8OS2. The summed E-state index contributed by atoms with van der Waals surface area (Å²) in [6, 6.07) is 8.11. The Kier molecular flexibility index (Phi) is 3.00. The zero-order valence-corrected chi connectivity index (χ0v) is 9.74. The molecule has 2 rings (SSSR count). The molecule has 1 nitrogen and oxygen atoms in total. The summed E-state index contributed by atoms with van der Waals surface area (Å²) < 4.78 is 0. The standard InChI is InChI=1S/C12H8OS2/c1-9(13)4-5-10-6-7-12(15-10)11-3-2-8-14-11/h2-3,6-8H,1H3. The molecule has 0 unspecified atom stereocenters. The quantitative estimate of drug-likeness (QED) is 0.689. The van der Waals surface area contributed by atoms with Gasteiger partial charge in [0.1, 0.15) is 0 Å². The number of carbonyl (C=O) groups excluding carboxylic acids is 1. The van der Waals surface area contributed by atoms with Crippen molar-refractivity contribution >= 4 is 28.5 Å². The summed E-state index contributed by atoms with van der Waals surface area (Å²) in [7, 11) is 0. The lowest BCUT2D eigenvalue weighted by Crippen LogP contribution is -1.79. The highest BCUT2D eigenvalue weighted by atomic mass is 32.1. The molecule has 0 aliphatic carbocycles. The molecular weight excluding hydrogens is 224 g/mol. The van der Waals surface area contributed by atoms with Crippen molar-refractivity contribution in [3.05, 3.63) is 34.5 Å². The van der Waals surface area contributed by atoms with Crippen LogP contribution in [0.3, 0.4) is 0 Å². The van der Waals surface area contributed by atoms with Crippen molar-refractivity contribution < 1.29 is 4.79 Å². The van der Waals surface area contributed by atoms with Crippen LogP contribution in [-0.4, -0.2) is 5.78 Å². The van der Waals surface area contributed by atoms with Gasteiger partial charge in [-0.05, 0) is 35.4 Å². The molecule has 0 saturated carbocycles. The average molecular weight is 232 g/mol. The molecule has 0 N–H and O–H groups in total. The molecule has 0 fully saturated rings. The Balaban J connectivity index is 2.26. The maximum Gasteiger partial charge on any atom is 0.202 e. The van der Waals surface area contributed by atoms with Crippen molar-refractivity contribution in [3.8, 4) is 21.6 Å². The summed E-state index contributed by atoms with van der Waals surface area (Å²) in [4.78, 5) is 14.1. The summed E-state index contributed by atoms with van der Waals surface area (Å²) >= 11 is 3.33. The summed E-state index contributed by atoms with van der Waals surface area (Å²) in [5, 5.41) is 2.05. The molecule has 0 aromatic carbocycles. The van der Waals surface area contributed by atoms with Crippen LogP contribution in [0.1, 0.15) is 11.8 Å². The van der Waals surface area contributed by atoms with Gasteiger partial charge in [-0.25, -0.2) is 0 Å². The number of thiophene rings is 2. The van der Waals surface area contributed by atoms with Crippen LogP contribution in [-0.2, 0) is 4.79 Å². The normalized spacial score (nSPS) is 9.40. The van der Waals surface area contributed by atoms with Gasteiger partial charge in [-0.3, -0.25) is 4.79 Å². The molecule has 2 aromatic heterocycles. The van der Waals surface area contributed by atoms with Crippen LogP contribution in [0.4, 0.5) is 0 Å². The summed E-state index contributed by atoms with van der Waals surface area (Å²) in [6.45, 7) is 1.47. The Hall–Kier alpha value is -1.37. The minimum absolute atomic E-state index is 0.0962. The molecule has 15 heavy (non-hydrogen) atoms. The molecule has 0 aliphatic heterocycles. The fourth-order valence-electron chi connectivity index (χ4n) is 1.11. The smallest absolute Gasteiger partial charge is 0.202 e. The van der Waals surface area contributed by atoms with Crippen LogP contribution in [0.2, 0.25) is 0 Å². The van der Waals surface area contributed by atoms with Gasteiger partial charge in [0.25, 0.3) is 0 Å². The van der Waals surface area contributed by atoms with Gasteiger partial charge in [-0.1, -0.05) is 6.07 Å². The van der Waals surface area contributed by atoms with E-state index in [1.165, 1.54) is 16.7 Å². The van der Waals surface area contributed by atoms with Crippen LogP contribution < -0.4 is 0 Å². The Morgan fingerprint density at radius 1 is 1.27 bits per heavy atom. The lowest BCUT2D eigenvalue weighted by Gasteiger charge is -1.86. The van der Waals surface area contributed by atoms with E-state index in [1.54, 1.807) is 22.7 Å². The van der Waals surface area contributed by atoms with Crippen LogP contribution in [0, 0.1) is 11.8 Å². The molecule has 3 heteroatoms. The van der Waals surface area contributed by atoms with E-state index in [4.69, 9.17) is 0 Å². The molecule has 0 amide bonds. The zero-order chi connectivity index (χ0) is 10.7. The van der Waals surface area contributed by atoms with Gasteiger partial charge < -0.3 is 0 Å². The van der Waals surface area contributed by atoms with E-state index in [9.17, 15) is 4.79 Å². The molecule has 0 saturated heterocycles. The first-order valence-corrected chi connectivity index (χ1v) is 6.11. The lowest BCUT2D eigenvalue weighted by atomic mass is 10.3. The van der Waals surface area contributed by atoms with E-state index in [1.807, 2.05) is 18.2 Å². The lowest BCUT2D eigenvalue weighted by molar-refractivity contribution is -0.111. The van der Waals surface area contributed by atoms with Crippen molar-refractivity contribution in [1.82, 2.24) is 0 Å². The summed E-state index contributed by atoms with van der Waals surface area (Å²) in [5.41, 5.74) is 0. The van der Waals surface area contributed by atoms with E-state index in [-0.39, 0.29) is 5.78 Å². The van der Waals surface area contributed by atoms with Gasteiger partial charge in [0.05, 0.1) is 4.88 Å². The molecule has 2 heterocycles. The fraction of sp³-hybridized carbons (Fsp3) is 0.0833. The third-order valence-electron chi connectivity index (χ3n) is 1.73. The van der Waals surface area contributed by atoms with E-state index in [2.05, 4.69) is 23.3 Å². The highest BCUT2D eigenvalue weighted by Gasteiger charge is 2.01. The number of carbonyl (C=O) groups is 1. The molecule has 0 bridgehead atoms. The highest BCUT2D eigenvalue weighted by Crippen LogP contribution is 2.30. The van der Waals surface area contributed by atoms with Gasteiger partial charge in [-0.2, -0.15) is 0 Å². The Morgan fingerprint density at radius 2 is 2.13 bits per heavy atom. The van der Waals surface area contributed by atoms with Crippen molar-refractivity contribution in [3.63, 3.8) is 0 Å². The third-order valence-corrected chi connectivity index (χ3v) is 3.80. The topological polar surface area (TPSA) is 17.1 Å². The van der Waals surface area contributed by atoms with Gasteiger partial charge in [0, 0.05) is 16.7 Å². The molecule has 0 atom stereocenters.